The van der Waals surface area contributed by atoms with Crippen molar-refractivity contribution in [1.82, 2.24) is 4.72 Å². The predicted molar refractivity (Wildman–Crippen MR) is 66.8 cm³/mol. The summed E-state index contributed by atoms with van der Waals surface area (Å²) in [5.41, 5.74) is 1.66. The minimum Gasteiger partial charge on any atom is -0.258 e. The molecule has 1 unspecified atom stereocenters. The van der Waals surface area contributed by atoms with Gasteiger partial charge >= 0.3 is 0 Å². The normalized spacial score (nSPS) is 18.6. The van der Waals surface area contributed by atoms with E-state index in [1.54, 1.807) is 6.07 Å². The van der Waals surface area contributed by atoms with E-state index in [0.29, 0.717) is 18.4 Å². The molecule has 1 N–H and O–H groups in total. The fraction of sp³-hybridized carbons (Fsp3) is 0.455. The van der Waals surface area contributed by atoms with Crippen LogP contribution in [0.25, 0.3) is 0 Å². The molecular weight excluding hydrogens is 256 g/mol. The number of fused-ring (bicyclic) bond motifs is 1. The molecule has 0 aliphatic heterocycles. The predicted octanol–water partition coefficient (Wildman–Crippen LogP) is 0.859. The number of hydrogen-bond donors (Lipinski definition) is 1. The van der Waals surface area contributed by atoms with E-state index < -0.39 is 14.9 Å². The molecule has 0 spiro atoms. The van der Waals surface area contributed by atoms with E-state index in [0.717, 1.165) is 5.56 Å². The second-order valence-corrected chi connectivity index (χ2v) is 6.40. The third-order valence-electron chi connectivity index (χ3n) is 3.21. The Morgan fingerprint density at radius 2 is 2.17 bits per heavy atom. The van der Waals surface area contributed by atoms with E-state index in [1.165, 1.54) is 13.1 Å². The SMILES string of the molecule is CNS(=O)(=O)CC1Cc2cccc([N+](=O)[O-])c2C1. The second-order valence-electron chi connectivity index (χ2n) is 4.43. The van der Waals surface area contributed by atoms with E-state index >= 15 is 0 Å². The van der Waals surface area contributed by atoms with Gasteiger partial charge in [0.2, 0.25) is 10.0 Å². The van der Waals surface area contributed by atoms with Crippen molar-refractivity contribution in [3.8, 4) is 0 Å². The highest BCUT2D eigenvalue weighted by atomic mass is 32.2. The number of rotatable bonds is 4. The van der Waals surface area contributed by atoms with Gasteiger partial charge in [-0.1, -0.05) is 12.1 Å². The zero-order valence-electron chi connectivity index (χ0n) is 9.92. The summed E-state index contributed by atoms with van der Waals surface area (Å²) in [6, 6.07) is 4.94. The van der Waals surface area contributed by atoms with Gasteiger partial charge in [-0.15, -0.1) is 0 Å². The Labute approximate surface area is 105 Å². The summed E-state index contributed by atoms with van der Waals surface area (Å²) in [5.74, 6) is -0.0754. The molecule has 0 saturated heterocycles. The van der Waals surface area contributed by atoms with Gasteiger partial charge in [0, 0.05) is 11.6 Å². The molecular formula is C11H14N2O4S. The molecule has 0 aromatic heterocycles. The van der Waals surface area contributed by atoms with Gasteiger partial charge in [-0.2, -0.15) is 0 Å². The molecule has 0 radical (unpaired) electrons. The molecule has 1 aliphatic carbocycles. The summed E-state index contributed by atoms with van der Waals surface area (Å²) >= 11 is 0. The van der Waals surface area contributed by atoms with Gasteiger partial charge in [-0.05, 0) is 31.4 Å². The van der Waals surface area contributed by atoms with E-state index in [1.807, 2.05) is 6.07 Å². The Balaban J connectivity index is 2.23. The van der Waals surface area contributed by atoms with Gasteiger partial charge in [0.1, 0.15) is 0 Å². The van der Waals surface area contributed by atoms with Crippen LogP contribution in [0.2, 0.25) is 0 Å². The van der Waals surface area contributed by atoms with Crippen molar-refractivity contribution >= 4 is 15.7 Å². The number of hydrogen-bond acceptors (Lipinski definition) is 4. The maximum Gasteiger partial charge on any atom is 0.272 e. The fourth-order valence-corrected chi connectivity index (χ4v) is 3.43. The van der Waals surface area contributed by atoms with Crippen molar-refractivity contribution in [2.75, 3.05) is 12.8 Å². The lowest BCUT2D eigenvalue weighted by Crippen LogP contribution is -2.27. The van der Waals surface area contributed by atoms with Crippen molar-refractivity contribution in [3.05, 3.63) is 39.4 Å². The monoisotopic (exact) mass is 270 g/mol. The van der Waals surface area contributed by atoms with Crippen LogP contribution >= 0.6 is 0 Å². The van der Waals surface area contributed by atoms with Gasteiger partial charge in [-0.3, -0.25) is 10.1 Å². The summed E-state index contributed by atoms with van der Waals surface area (Å²) in [5, 5.41) is 10.9. The molecule has 0 saturated carbocycles. The number of nitro groups is 1. The van der Waals surface area contributed by atoms with Crippen LogP contribution in [0, 0.1) is 16.0 Å². The number of nitrogens with one attached hydrogen (secondary N) is 1. The zero-order chi connectivity index (χ0) is 13.3. The lowest BCUT2D eigenvalue weighted by molar-refractivity contribution is -0.385. The van der Waals surface area contributed by atoms with Crippen molar-refractivity contribution in [2.24, 2.45) is 5.92 Å². The maximum atomic E-state index is 11.5. The molecule has 0 heterocycles. The first-order valence-electron chi connectivity index (χ1n) is 5.59. The van der Waals surface area contributed by atoms with Crippen LogP contribution in [-0.2, 0) is 22.9 Å². The molecule has 0 amide bonds. The van der Waals surface area contributed by atoms with Crippen molar-refractivity contribution in [2.45, 2.75) is 12.8 Å². The van der Waals surface area contributed by atoms with Crippen molar-refractivity contribution in [3.63, 3.8) is 0 Å². The fourth-order valence-electron chi connectivity index (χ4n) is 2.40. The van der Waals surface area contributed by atoms with Crippen LogP contribution in [-0.4, -0.2) is 26.1 Å². The smallest absolute Gasteiger partial charge is 0.258 e. The number of nitro benzene ring substituents is 1. The Morgan fingerprint density at radius 3 is 2.78 bits per heavy atom. The topological polar surface area (TPSA) is 89.3 Å². The number of benzene rings is 1. The average molecular weight is 270 g/mol. The van der Waals surface area contributed by atoms with Crippen LogP contribution in [0.15, 0.2) is 18.2 Å². The average Bonchev–Trinajstić information content (AvgIpc) is 2.69. The first kappa shape index (κ1) is 13.0. The highest BCUT2D eigenvalue weighted by Crippen LogP contribution is 2.33. The van der Waals surface area contributed by atoms with Crippen LogP contribution in [0.1, 0.15) is 11.1 Å². The second kappa shape index (κ2) is 4.66. The first-order valence-corrected chi connectivity index (χ1v) is 7.24. The third-order valence-corrected chi connectivity index (χ3v) is 4.74. The van der Waals surface area contributed by atoms with Crippen molar-refractivity contribution < 1.29 is 13.3 Å². The lowest BCUT2D eigenvalue weighted by Gasteiger charge is -2.08. The Kier molecular flexibility index (Phi) is 3.36. The van der Waals surface area contributed by atoms with Crippen LogP contribution in [0.4, 0.5) is 5.69 Å². The van der Waals surface area contributed by atoms with Gasteiger partial charge < -0.3 is 0 Å². The molecule has 98 valence electrons. The first-order chi connectivity index (χ1) is 8.43. The van der Waals surface area contributed by atoms with Gasteiger partial charge in [0.25, 0.3) is 5.69 Å². The minimum atomic E-state index is -3.27. The van der Waals surface area contributed by atoms with Crippen LogP contribution in [0.3, 0.4) is 0 Å². The molecule has 18 heavy (non-hydrogen) atoms. The molecule has 0 fully saturated rings. The van der Waals surface area contributed by atoms with Gasteiger partial charge in [-0.25, -0.2) is 13.1 Å². The third kappa shape index (κ3) is 2.51. The van der Waals surface area contributed by atoms with Crippen LogP contribution in [0.5, 0.6) is 0 Å². The minimum absolute atomic E-state index is 0.00926. The largest absolute Gasteiger partial charge is 0.272 e. The van der Waals surface area contributed by atoms with Gasteiger partial charge in [0.15, 0.2) is 0 Å². The highest BCUT2D eigenvalue weighted by molar-refractivity contribution is 7.89. The summed E-state index contributed by atoms with van der Waals surface area (Å²) in [4.78, 5) is 10.5. The molecule has 1 atom stereocenters. The Hall–Kier alpha value is -1.47. The van der Waals surface area contributed by atoms with Crippen LogP contribution < -0.4 is 4.72 Å². The molecule has 1 aliphatic rings. The molecule has 7 heteroatoms. The van der Waals surface area contributed by atoms with E-state index in [-0.39, 0.29) is 17.4 Å². The molecule has 1 aromatic carbocycles. The van der Waals surface area contributed by atoms with E-state index in [4.69, 9.17) is 0 Å². The van der Waals surface area contributed by atoms with E-state index in [2.05, 4.69) is 4.72 Å². The number of sulfonamides is 1. The molecule has 1 aromatic rings. The Bertz CT molecular complexity index is 583. The lowest BCUT2D eigenvalue weighted by atomic mass is 10.1. The Morgan fingerprint density at radius 1 is 1.44 bits per heavy atom. The van der Waals surface area contributed by atoms with Crippen molar-refractivity contribution in [1.29, 1.82) is 0 Å². The summed E-state index contributed by atoms with van der Waals surface area (Å²) in [7, 11) is -1.90. The highest BCUT2D eigenvalue weighted by Gasteiger charge is 2.30. The summed E-state index contributed by atoms with van der Waals surface area (Å²) < 4.78 is 25.2. The summed E-state index contributed by atoms with van der Waals surface area (Å²) in [6.45, 7) is 0. The quantitative estimate of drug-likeness (QED) is 0.649. The molecule has 6 nitrogen and oxygen atoms in total. The van der Waals surface area contributed by atoms with E-state index in [9.17, 15) is 18.5 Å². The van der Waals surface area contributed by atoms with Gasteiger partial charge in [0.05, 0.1) is 10.7 Å². The molecule has 2 rings (SSSR count). The summed E-state index contributed by atoms with van der Waals surface area (Å²) in [6.07, 6.45) is 1.03. The standard InChI is InChI=1S/C11H14N2O4S/c1-12-18(16,17)7-8-5-9-3-2-4-11(13(14)15)10(9)6-8/h2-4,8,12H,5-7H2,1H3. The number of nitrogens with zero attached hydrogens (tertiary/aromatic N) is 1. The molecule has 0 bridgehead atoms. The zero-order valence-corrected chi connectivity index (χ0v) is 10.7. The maximum absolute atomic E-state index is 11.5.